The molecular weight excluding hydrogens is 366 g/mol. The molecule has 1 amide bonds. The molecule has 124 valence electrons. The molecule has 0 bridgehead atoms. The fourth-order valence-corrected chi connectivity index (χ4v) is 3.65. The van der Waals surface area contributed by atoms with Crippen LogP contribution in [0, 0.1) is 0 Å². The Morgan fingerprint density at radius 1 is 1.38 bits per heavy atom. The molecule has 3 aromatic heterocycles. The highest BCUT2D eigenvalue weighted by Crippen LogP contribution is 2.12. The van der Waals surface area contributed by atoms with Crippen LogP contribution in [0.3, 0.4) is 0 Å². The van der Waals surface area contributed by atoms with Gasteiger partial charge in [0.05, 0.1) is 23.0 Å². The predicted octanol–water partition coefficient (Wildman–Crippen LogP) is 2.96. The molecule has 3 rings (SSSR count). The minimum absolute atomic E-state index is 0.0299. The summed E-state index contributed by atoms with van der Waals surface area (Å²) in [6.45, 7) is 0.549. The third kappa shape index (κ3) is 4.37. The average molecular weight is 380 g/mol. The van der Waals surface area contributed by atoms with Crippen molar-refractivity contribution in [3.05, 3.63) is 67.9 Å². The molecule has 24 heavy (non-hydrogen) atoms. The number of fused-ring (bicyclic) bond motifs is 1. The van der Waals surface area contributed by atoms with Crippen LogP contribution in [-0.4, -0.2) is 21.0 Å². The summed E-state index contributed by atoms with van der Waals surface area (Å²) in [7, 11) is 0. The molecule has 0 aliphatic carbocycles. The molecule has 3 heterocycles. The molecule has 0 radical (unpaired) electrons. The van der Waals surface area contributed by atoms with Crippen molar-refractivity contribution in [2.75, 3.05) is 5.75 Å². The van der Waals surface area contributed by atoms with Crippen LogP contribution in [0.1, 0.15) is 10.6 Å². The van der Waals surface area contributed by atoms with Crippen molar-refractivity contribution < 1.29 is 4.79 Å². The number of hydrogen-bond acceptors (Lipinski definition) is 5. The molecule has 3 aromatic rings. The van der Waals surface area contributed by atoms with Gasteiger partial charge in [-0.1, -0.05) is 17.7 Å². The van der Waals surface area contributed by atoms with E-state index in [-0.39, 0.29) is 11.5 Å². The standard InChI is InChI=1S/C16H14ClN3O2S2/c17-11-3-4-14-19-12(6-16(22)20(14)8-11)9-23-10-15(21)18-7-13-2-1-5-24-13/h1-6,8H,7,9-10H2,(H,18,21). The molecule has 0 spiro atoms. The van der Waals surface area contributed by atoms with E-state index in [0.29, 0.717) is 34.4 Å². The molecule has 0 saturated carbocycles. The minimum Gasteiger partial charge on any atom is -0.350 e. The smallest absolute Gasteiger partial charge is 0.258 e. The minimum atomic E-state index is -0.180. The number of carbonyl (C=O) groups excluding carboxylic acids is 1. The van der Waals surface area contributed by atoms with E-state index < -0.39 is 0 Å². The Labute approximate surface area is 151 Å². The van der Waals surface area contributed by atoms with Gasteiger partial charge in [0.15, 0.2) is 0 Å². The average Bonchev–Trinajstić information content (AvgIpc) is 3.07. The Balaban J connectivity index is 1.55. The summed E-state index contributed by atoms with van der Waals surface area (Å²) in [5.41, 5.74) is 1.02. The number of thioether (sulfide) groups is 1. The summed E-state index contributed by atoms with van der Waals surface area (Å²) in [6.07, 6.45) is 1.54. The molecule has 0 unspecified atom stereocenters. The van der Waals surface area contributed by atoms with Gasteiger partial charge >= 0.3 is 0 Å². The molecule has 0 atom stereocenters. The first-order valence-corrected chi connectivity index (χ1v) is 9.58. The van der Waals surface area contributed by atoms with E-state index in [2.05, 4.69) is 10.3 Å². The fourth-order valence-electron chi connectivity index (χ4n) is 2.10. The highest BCUT2D eigenvalue weighted by atomic mass is 35.5. The van der Waals surface area contributed by atoms with Crippen LogP contribution in [0.2, 0.25) is 5.02 Å². The summed E-state index contributed by atoms with van der Waals surface area (Å²) in [5, 5.41) is 5.33. The Kier molecular flexibility index (Phi) is 5.55. The number of rotatable bonds is 6. The molecular formula is C16H14ClN3O2S2. The topological polar surface area (TPSA) is 63.5 Å². The second-order valence-corrected chi connectivity index (χ2v) is 7.46. The third-order valence-electron chi connectivity index (χ3n) is 3.20. The number of nitrogens with one attached hydrogen (secondary N) is 1. The van der Waals surface area contributed by atoms with Gasteiger partial charge in [-0.3, -0.25) is 14.0 Å². The molecule has 5 nitrogen and oxygen atoms in total. The third-order valence-corrected chi connectivity index (χ3v) is 5.27. The zero-order valence-electron chi connectivity index (χ0n) is 12.6. The fraction of sp³-hybridized carbons (Fsp3) is 0.188. The quantitative estimate of drug-likeness (QED) is 0.715. The number of hydrogen-bond donors (Lipinski definition) is 1. The molecule has 0 aliphatic heterocycles. The van der Waals surface area contributed by atoms with E-state index in [1.54, 1.807) is 29.7 Å². The largest absolute Gasteiger partial charge is 0.350 e. The lowest BCUT2D eigenvalue weighted by Crippen LogP contribution is -2.24. The van der Waals surface area contributed by atoms with Crippen molar-refractivity contribution in [3.8, 4) is 0 Å². The van der Waals surface area contributed by atoms with Crippen molar-refractivity contribution in [1.82, 2.24) is 14.7 Å². The van der Waals surface area contributed by atoms with Crippen LogP contribution >= 0.6 is 34.7 Å². The van der Waals surface area contributed by atoms with Crippen molar-refractivity contribution in [1.29, 1.82) is 0 Å². The molecule has 0 saturated heterocycles. The zero-order valence-corrected chi connectivity index (χ0v) is 15.0. The second kappa shape index (κ2) is 7.83. The summed E-state index contributed by atoms with van der Waals surface area (Å²) in [6, 6.07) is 8.80. The maximum Gasteiger partial charge on any atom is 0.258 e. The zero-order chi connectivity index (χ0) is 16.9. The molecule has 8 heteroatoms. The van der Waals surface area contributed by atoms with Gasteiger partial charge in [0.25, 0.3) is 5.56 Å². The Bertz CT molecular complexity index is 909. The Morgan fingerprint density at radius 3 is 3.04 bits per heavy atom. The SMILES string of the molecule is O=C(CSCc1cc(=O)n2cc(Cl)ccc2n1)NCc1cccs1. The number of halogens is 1. The molecule has 0 fully saturated rings. The lowest BCUT2D eigenvalue weighted by molar-refractivity contribution is -0.118. The van der Waals surface area contributed by atoms with Crippen molar-refractivity contribution in [3.63, 3.8) is 0 Å². The second-order valence-electron chi connectivity index (χ2n) is 5.01. The number of thiophene rings is 1. The first-order valence-electron chi connectivity index (χ1n) is 7.16. The summed E-state index contributed by atoms with van der Waals surface area (Å²) in [5.74, 6) is 0.797. The number of carbonyl (C=O) groups is 1. The molecule has 0 aromatic carbocycles. The van der Waals surface area contributed by atoms with E-state index in [1.165, 1.54) is 22.2 Å². The van der Waals surface area contributed by atoms with Gasteiger partial charge in [-0.05, 0) is 23.6 Å². The van der Waals surface area contributed by atoms with E-state index in [0.717, 1.165) is 4.88 Å². The summed E-state index contributed by atoms with van der Waals surface area (Å²) >= 11 is 8.92. The Hall–Kier alpha value is -1.83. The monoisotopic (exact) mass is 379 g/mol. The number of amides is 1. The predicted molar refractivity (Wildman–Crippen MR) is 98.8 cm³/mol. The van der Waals surface area contributed by atoms with Crippen LogP contribution < -0.4 is 10.9 Å². The molecule has 1 N–H and O–H groups in total. The maximum absolute atomic E-state index is 12.1. The first kappa shape index (κ1) is 17.0. The van der Waals surface area contributed by atoms with Gasteiger partial charge in [0.1, 0.15) is 5.65 Å². The number of nitrogens with zero attached hydrogens (tertiary/aromatic N) is 2. The van der Waals surface area contributed by atoms with E-state index in [4.69, 9.17) is 11.6 Å². The normalized spacial score (nSPS) is 10.9. The first-order chi connectivity index (χ1) is 11.6. The van der Waals surface area contributed by atoms with Crippen LogP contribution in [0.15, 0.2) is 46.7 Å². The van der Waals surface area contributed by atoms with E-state index in [1.807, 2.05) is 17.5 Å². The maximum atomic E-state index is 12.1. The van der Waals surface area contributed by atoms with E-state index >= 15 is 0 Å². The number of pyridine rings is 1. The van der Waals surface area contributed by atoms with E-state index in [9.17, 15) is 9.59 Å². The van der Waals surface area contributed by atoms with Crippen LogP contribution in [0.4, 0.5) is 0 Å². The summed E-state index contributed by atoms with van der Waals surface area (Å²) in [4.78, 5) is 29.4. The lowest BCUT2D eigenvalue weighted by atomic mass is 10.4. The van der Waals surface area contributed by atoms with Crippen LogP contribution in [-0.2, 0) is 17.1 Å². The highest BCUT2D eigenvalue weighted by molar-refractivity contribution is 7.99. The highest BCUT2D eigenvalue weighted by Gasteiger charge is 2.06. The van der Waals surface area contributed by atoms with Gasteiger partial charge in [-0.25, -0.2) is 4.98 Å². The summed E-state index contributed by atoms with van der Waals surface area (Å²) < 4.78 is 1.41. The lowest BCUT2D eigenvalue weighted by Gasteiger charge is -2.05. The Morgan fingerprint density at radius 2 is 2.25 bits per heavy atom. The van der Waals surface area contributed by atoms with Gasteiger partial charge in [-0.15, -0.1) is 23.1 Å². The van der Waals surface area contributed by atoms with Crippen molar-refractivity contribution in [2.24, 2.45) is 0 Å². The van der Waals surface area contributed by atoms with Crippen LogP contribution in [0.25, 0.3) is 5.65 Å². The van der Waals surface area contributed by atoms with Crippen LogP contribution in [0.5, 0.6) is 0 Å². The van der Waals surface area contributed by atoms with Crippen molar-refractivity contribution >= 4 is 46.3 Å². The van der Waals surface area contributed by atoms with Gasteiger partial charge in [0.2, 0.25) is 5.91 Å². The number of aromatic nitrogens is 2. The molecule has 0 aliphatic rings. The van der Waals surface area contributed by atoms with Gasteiger partial charge in [0, 0.05) is 22.9 Å². The van der Waals surface area contributed by atoms with Gasteiger partial charge in [-0.2, -0.15) is 0 Å². The van der Waals surface area contributed by atoms with Gasteiger partial charge < -0.3 is 5.32 Å². The van der Waals surface area contributed by atoms with Crippen molar-refractivity contribution in [2.45, 2.75) is 12.3 Å².